The van der Waals surface area contributed by atoms with Gasteiger partial charge in [-0.1, -0.05) is 24.3 Å². The molecule has 0 bridgehead atoms. The molecule has 7 heteroatoms. The molecular formula is C18H19BrN2O4. The number of rotatable bonds is 6. The number of benzene rings is 2. The van der Waals surface area contributed by atoms with E-state index < -0.39 is 0 Å². The maximum absolute atomic E-state index is 12.0. The fourth-order valence-electron chi connectivity index (χ4n) is 2.30. The van der Waals surface area contributed by atoms with E-state index in [0.717, 1.165) is 5.56 Å². The highest BCUT2D eigenvalue weighted by Crippen LogP contribution is 2.31. The van der Waals surface area contributed by atoms with Crippen LogP contribution in [0.15, 0.2) is 46.9 Å². The molecule has 0 fully saturated rings. The van der Waals surface area contributed by atoms with Crippen LogP contribution >= 0.6 is 15.9 Å². The van der Waals surface area contributed by atoms with Crippen molar-refractivity contribution in [2.45, 2.75) is 12.8 Å². The fourth-order valence-corrected chi connectivity index (χ4v) is 2.77. The second-order valence-electron chi connectivity index (χ2n) is 5.13. The van der Waals surface area contributed by atoms with E-state index in [1.54, 1.807) is 44.6 Å². The van der Waals surface area contributed by atoms with Gasteiger partial charge in [0.25, 0.3) is 5.91 Å². The standard InChI is InChI=1S/C18H19BrN2O4/c1-24-15-9-5-6-12(17(15)25-2)10-11-16(22)20-21-18(23)13-7-3-4-8-14(13)19/h3-9H,10-11H2,1-2H3,(H,20,22)(H,21,23). The van der Waals surface area contributed by atoms with Gasteiger partial charge in [0.1, 0.15) is 0 Å². The lowest BCUT2D eigenvalue weighted by Crippen LogP contribution is -2.41. The summed E-state index contributed by atoms with van der Waals surface area (Å²) in [5.41, 5.74) is 6.11. The van der Waals surface area contributed by atoms with Crippen LogP contribution in [0.1, 0.15) is 22.3 Å². The number of hydrogen-bond acceptors (Lipinski definition) is 4. The number of para-hydroxylation sites is 1. The molecule has 0 atom stereocenters. The summed E-state index contributed by atoms with van der Waals surface area (Å²) in [5, 5.41) is 0. The van der Waals surface area contributed by atoms with E-state index >= 15 is 0 Å². The number of methoxy groups -OCH3 is 2. The highest BCUT2D eigenvalue weighted by atomic mass is 79.9. The minimum Gasteiger partial charge on any atom is -0.493 e. The Morgan fingerprint density at radius 1 is 1.00 bits per heavy atom. The molecule has 0 aromatic heterocycles. The number of hydrogen-bond donors (Lipinski definition) is 2. The molecular weight excluding hydrogens is 388 g/mol. The van der Waals surface area contributed by atoms with E-state index in [9.17, 15) is 9.59 Å². The van der Waals surface area contributed by atoms with Crippen molar-refractivity contribution in [2.75, 3.05) is 14.2 Å². The third-order valence-corrected chi connectivity index (χ3v) is 4.23. The molecule has 25 heavy (non-hydrogen) atoms. The quantitative estimate of drug-likeness (QED) is 0.723. The summed E-state index contributed by atoms with van der Waals surface area (Å²) in [6, 6.07) is 12.5. The van der Waals surface area contributed by atoms with Gasteiger partial charge in [-0.3, -0.25) is 20.4 Å². The van der Waals surface area contributed by atoms with Gasteiger partial charge in [0.15, 0.2) is 11.5 Å². The Morgan fingerprint density at radius 2 is 1.76 bits per heavy atom. The fraction of sp³-hybridized carbons (Fsp3) is 0.222. The Kier molecular flexibility index (Phi) is 6.82. The third-order valence-electron chi connectivity index (χ3n) is 3.54. The lowest BCUT2D eigenvalue weighted by atomic mass is 10.1. The predicted molar refractivity (Wildman–Crippen MR) is 97.6 cm³/mol. The molecule has 0 aliphatic heterocycles. The van der Waals surface area contributed by atoms with Crippen molar-refractivity contribution in [1.82, 2.24) is 10.9 Å². The van der Waals surface area contributed by atoms with Crippen LogP contribution in [0.5, 0.6) is 11.5 Å². The topological polar surface area (TPSA) is 76.7 Å². The van der Waals surface area contributed by atoms with Crippen molar-refractivity contribution in [3.8, 4) is 11.5 Å². The molecule has 2 rings (SSSR count). The van der Waals surface area contributed by atoms with Gasteiger partial charge < -0.3 is 9.47 Å². The Labute approximate surface area is 154 Å². The number of aryl methyl sites for hydroxylation is 1. The first kappa shape index (κ1) is 18.8. The molecule has 0 aliphatic rings. The van der Waals surface area contributed by atoms with Crippen LogP contribution < -0.4 is 20.3 Å². The van der Waals surface area contributed by atoms with Gasteiger partial charge in [-0.25, -0.2) is 0 Å². The molecule has 132 valence electrons. The van der Waals surface area contributed by atoms with Crippen LogP contribution in [-0.4, -0.2) is 26.0 Å². The zero-order valence-electron chi connectivity index (χ0n) is 14.0. The third kappa shape index (κ3) is 4.96. The Morgan fingerprint density at radius 3 is 2.44 bits per heavy atom. The van der Waals surface area contributed by atoms with Gasteiger partial charge in [0.2, 0.25) is 5.91 Å². The van der Waals surface area contributed by atoms with Crippen molar-refractivity contribution in [1.29, 1.82) is 0 Å². The van der Waals surface area contributed by atoms with E-state index in [4.69, 9.17) is 9.47 Å². The molecule has 0 heterocycles. The largest absolute Gasteiger partial charge is 0.493 e. The lowest BCUT2D eigenvalue weighted by molar-refractivity contribution is -0.121. The monoisotopic (exact) mass is 406 g/mol. The first-order chi connectivity index (χ1) is 12.1. The molecule has 0 saturated heterocycles. The van der Waals surface area contributed by atoms with E-state index in [0.29, 0.717) is 28.0 Å². The predicted octanol–water partition coefficient (Wildman–Crippen LogP) is 2.86. The minimum atomic E-state index is -0.389. The molecule has 2 aromatic rings. The molecule has 6 nitrogen and oxygen atoms in total. The second-order valence-corrected chi connectivity index (χ2v) is 5.99. The number of carbonyl (C=O) groups is 2. The molecule has 0 spiro atoms. The number of nitrogens with one attached hydrogen (secondary N) is 2. The summed E-state index contributed by atoms with van der Waals surface area (Å²) in [6.07, 6.45) is 0.650. The van der Waals surface area contributed by atoms with Crippen LogP contribution in [-0.2, 0) is 11.2 Å². The average molecular weight is 407 g/mol. The summed E-state index contributed by atoms with van der Waals surface area (Å²) in [7, 11) is 3.12. The van der Waals surface area contributed by atoms with Crippen molar-refractivity contribution >= 4 is 27.7 Å². The first-order valence-electron chi connectivity index (χ1n) is 7.60. The highest BCUT2D eigenvalue weighted by Gasteiger charge is 2.13. The molecule has 0 unspecified atom stereocenters. The minimum absolute atomic E-state index is 0.194. The Hall–Kier alpha value is -2.54. The molecule has 0 aliphatic carbocycles. The zero-order valence-corrected chi connectivity index (χ0v) is 15.6. The van der Waals surface area contributed by atoms with Gasteiger partial charge in [0.05, 0.1) is 19.8 Å². The second kappa shape index (κ2) is 9.08. The molecule has 0 saturated carbocycles. The maximum Gasteiger partial charge on any atom is 0.270 e. The van der Waals surface area contributed by atoms with E-state index in [-0.39, 0.29) is 18.2 Å². The van der Waals surface area contributed by atoms with E-state index in [2.05, 4.69) is 26.8 Å². The van der Waals surface area contributed by atoms with Crippen molar-refractivity contribution < 1.29 is 19.1 Å². The lowest BCUT2D eigenvalue weighted by Gasteiger charge is -2.12. The first-order valence-corrected chi connectivity index (χ1v) is 8.39. The van der Waals surface area contributed by atoms with Crippen molar-refractivity contribution in [2.24, 2.45) is 0 Å². The summed E-state index contributed by atoms with van der Waals surface area (Å²) < 4.78 is 11.2. The van der Waals surface area contributed by atoms with Crippen LogP contribution in [0.2, 0.25) is 0 Å². The number of hydrazine groups is 1. The molecule has 2 N–H and O–H groups in total. The van der Waals surface area contributed by atoms with Gasteiger partial charge in [-0.15, -0.1) is 0 Å². The number of ether oxygens (including phenoxy) is 2. The summed E-state index contributed by atoms with van der Waals surface area (Å²) in [5.74, 6) is 0.530. The Bertz CT molecular complexity index is 764. The molecule has 2 aromatic carbocycles. The van der Waals surface area contributed by atoms with Gasteiger partial charge in [-0.2, -0.15) is 0 Å². The van der Waals surface area contributed by atoms with E-state index in [1.807, 2.05) is 12.1 Å². The van der Waals surface area contributed by atoms with Crippen LogP contribution in [0.25, 0.3) is 0 Å². The number of amides is 2. The molecule has 2 amide bonds. The average Bonchev–Trinajstić information content (AvgIpc) is 2.64. The smallest absolute Gasteiger partial charge is 0.270 e. The van der Waals surface area contributed by atoms with Crippen molar-refractivity contribution in [3.63, 3.8) is 0 Å². The Balaban J connectivity index is 1.89. The maximum atomic E-state index is 12.0. The summed E-state index contributed by atoms with van der Waals surface area (Å²) in [4.78, 5) is 24.0. The number of carbonyl (C=O) groups excluding carboxylic acids is 2. The van der Waals surface area contributed by atoms with Crippen LogP contribution in [0.3, 0.4) is 0 Å². The molecule has 0 radical (unpaired) electrons. The normalized spacial score (nSPS) is 10.0. The SMILES string of the molecule is COc1cccc(CCC(=O)NNC(=O)c2ccccc2Br)c1OC. The van der Waals surface area contributed by atoms with Crippen LogP contribution in [0.4, 0.5) is 0 Å². The number of halogens is 1. The van der Waals surface area contributed by atoms with E-state index in [1.165, 1.54) is 0 Å². The zero-order chi connectivity index (χ0) is 18.2. The summed E-state index contributed by atoms with van der Waals surface area (Å²) >= 11 is 3.30. The van der Waals surface area contributed by atoms with Gasteiger partial charge in [0, 0.05) is 10.9 Å². The van der Waals surface area contributed by atoms with Gasteiger partial charge in [-0.05, 0) is 46.1 Å². The van der Waals surface area contributed by atoms with Crippen LogP contribution in [0, 0.1) is 0 Å². The van der Waals surface area contributed by atoms with Crippen molar-refractivity contribution in [3.05, 3.63) is 58.1 Å². The van der Waals surface area contributed by atoms with Gasteiger partial charge >= 0.3 is 0 Å². The highest BCUT2D eigenvalue weighted by molar-refractivity contribution is 9.10. The summed E-state index contributed by atoms with van der Waals surface area (Å²) in [6.45, 7) is 0.